The summed E-state index contributed by atoms with van der Waals surface area (Å²) in [5.41, 5.74) is 1.09. The summed E-state index contributed by atoms with van der Waals surface area (Å²) in [6, 6.07) is 8.80. The van der Waals surface area contributed by atoms with Gasteiger partial charge < -0.3 is 24.8 Å². The molecule has 2 aromatic rings. The summed E-state index contributed by atoms with van der Waals surface area (Å²) in [5, 5.41) is 5.55. The molecule has 1 atom stereocenters. The number of amides is 2. The van der Waals surface area contributed by atoms with Crippen molar-refractivity contribution >= 4 is 34.5 Å². The molecule has 0 bridgehead atoms. The van der Waals surface area contributed by atoms with Crippen LogP contribution in [-0.2, 0) is 14.3 Å². The third-order valence-electron chi connectivity index (χ3n) is 4.11. The Balaban J connectivity index is 1.67. The molecule has 1 aromatic carbocycles. The molecule has 0 radical (unpaired) electrons. The van der Waals surface area contributed by atoms with Gasteiger partial charge in [0.1, 0.15) is 12.4 Å². The second-order valence-corrected chi connectivity index (χ2v) is 7.17. The lowest BCUT2D eigenvalue weighted by Crippen LogP contribution is -2.17. The Hall–Kier alpha value is -2.42. The number of nitrogens with one attached hydrogen (secondary N) is 2. The van der Waals surface area contributed by atoms with Crippen molar-refractivity contribution in [2.75, 3.05) is 38.1 Å². The van der Waals surface area contributed by atoms with Crippen LogP contribution in [0.3, 0.4) is 0 Å². The molecule has 0 aliphatic carbocycles. The quantitative estimate of drug-likeness (QED) is 0.756. The summed E-state index contributed by atoms with van der Waals surface area (Å²) in [4.78, 5) is 25.9. The van der Waals surface area contributed by atoms with Crippen LogP contribution in [0.25, 0.3) is 0 Å². The van der Waals surface area contributed by atoms with E-state index in [4.69, 9.17) is 14.2 Å². The van der Waals surface area contributed by atoms with Crippen LogP contribution in [0, 0.1) is 0 Å². The van der Waals surface area contributed by atoms with Crippen LogP contribution in [0.4, 0.5) is 11.4 Å². The van der Waals surface area contributed by atoms with Crippen molar-refractivity contribution in [3.8, 4) is 5.75 Å². The topological polar surface area (TPSA) is 85.9 Å². The van der Waals surface area contributed by atoms with E-state index in [0.717, 1.165) is 24.3 Å². The fraction of sp³-hybridized carbons (Fsp3) is 0.368. The van der Waals surface area contributed by atoms with Crippen LogP contribution >= 0.6 is 11.3 Å². The summed E-state index contributed by atoms with van der Waals surface area (Å²) < 4.78 is 15.8. The highest BCUT2D eigenvalue weighted by Crippen LogP contribution is 2.34. The minimum absolute atomic E-state index is 0.0486. The standard InChI is InChI=1S/C19H22N2O5S/c1-24-11-18(22)21-13-6-5-12(10-15(13)25-2)20-19(23)17-8-7-16(27-17)14-4-3-9-26-14/h5-8,10,14H,3-4,9,11H2,1-2H3,(H,20,23)(H,21,22). The number of thiophene rings is 1. The number of ether oxygens (including phenoxy) is 3. The maximum atomic E-state index is 12.5. The van der Waals surface area contributed by atoms with E-state index < -0.39 is 0 Å². The van der Waals surface area contributed by atoms with Crippen molar-refractivity contribution in [2.45, 2.75) is 18.9 Å². The molecule has 0 spiro atoms. The van der Waals surface area contributed by atoms with Gasteiger partial charge in [0.25, 0.3) is 5.91 Å². The molecule has 3 rings (SSSR count). The maximum Gasteiger partial charge on any atom is 0.265 e. The molecule has 0 saturated carbocycles. The number of carbonyl (C=O) groups is 2. The van der Waals surface area contributed by atoms with Crippen molar-refractivity contribution in [1.82, 2.24) is 0 Å². The van der Waals surface area contributed by atoms with Crippen molar-refractivity contribution in [3.05, 3.63) is 40.1 Å². The molecule has 1 unspecified atom stereocenters. The second-order valence-electron chi connectivity index (χ2n) is 6.05. The smallest absolute Gasteiger partial charge is 0.265 e. The van der Waals surface area contributed by atoms with Gasteiger partial charge >= 0.3 is 0 Å². The van der Waals surface area contributed by atoms with Crippen LogP contribution in [0.2, 0.25) is 0 Å². The third-order valence-corrected chi connectivity index (χ3v) is 5.28. The lowest BCUT2D eigenvalue weighted by atomic mass is 10.2. The normalized spacial score (nSPS) is 16.1. The fourth-order valence-corrected chi connectivity index (χ4v) is 3.82. The summed E-state index contributed by atoms with van der Waals surface area (Å²) in [6.45, 7) is 0.726. The van der Waals surface area contributed by atoms with E-state index in [9.17, 15) is 9.59 Å². The SMILES string of the molecule is COCC(=O)Nc1ccc(NC(=O)c2ccc(C3CCCO3)s2)cc1OC. The Bertz CT molecular complexity index is 814. The van der Waals surface area contributed by atoms with E-state index in [1.807, 2.05) is 12.1 Å². The number of hydrogen-bond acceptors (Lipinski definition) is 6. The van der Waals surface area contributed by atoms with E-state index >= 15 is 0 Å². The van der Waals surface area contributed by atoms with Gasteiger partial charge in [0.05, 0.1) is 23.8 Å². The van der Waals surface area contributed by atoms with Gasteiger partial charge in [-0.25, -0.2) is 0 Å². The van der Waals surface area contributed by atoms with E-state index in [1.165, 1.54) is 25.6 Å². The lowest BCUT2D eigenvalue weighted by Gasteiger charge is -2.12. The first-order chi connectivity index (χ1) is 13.1. The highest BCUT2D eigenvalue weighted by Gasteiger charge is 2.21. The third kappa shape index (κ3) is 4.85. The van der Waals surface area contributed by atoms with Crippen molar-refractivity contribution in [2.24, 2.45) is 0 Å². The lowest BCUT2D eigenvalue weighted by molar-refractivity contribution is -0.119. The van der Waals surface area contributed by atoms with Crippen LogP contribution in [-0.4, -0.2) is 39.2 Å². The van der Waals surface area contributed by atoms with Gasteiger partial charge in [-0.3, -0.25) is 9.59 Å². The largest absolute Gasteiger partial charge is 0.494 e. The Kier molecular flexibility index (Phi) is 6.44. The molecule has 144 valence electrons. The van der Waals surface area contributed by atoms with Gasteiger partial charge in [-0.05, 0) is 37.1 Å². The van der Waals surface area contributed by atoms with Crippen LogP contribution in [0.5, 0.6) is 5.75 Å². The minimum atomic E-state index is -0.284. The zero-order valence-electron chi connectivity index (χ0n) is 15.2. The molecular weight excluding hydrogens is 368 g/mol. The van der Waals surface area contributed by atoms with Gasteiger partial charge in [-0.2, -0.15) is 0 Å². The van der Waals surface area contributed by atoms with Crippen molar-refractivity contribution in [3.63, 3.8) is 0 Å². The molecule has 2 amide bonds. The Morgan fingerprint density at radius 3 is 2.78 bits per heavy atom. The van der Waals surface area contributed by atoms with Gasteiger partial charge in [-0.1, -0.05) is 0 Å². The Morgan fingerprint density at radius 1 is 1.22 bits per heavy atom. The zero-order chi connectivity index (χ0) is 19.2. The average molecular weight is 390 g/mol. The predicted molar refractivity (Wildman–Crippen MR) is 104 cm³/mol. The van der Waals surface area contributed by atoms with Crippen LogP contribution in [0.1, 0.15) is 33.5 Å². The molecule has 1 saturated heterocycles. The average Bonchev–Trinajstić information content (AvgIpc) is 3.34. The molecule has 27 heavy (non-hydrogen) atoms. The van der Waals surface area contributed by atoms with Gasteiger partial charge in [0.15, 0.2) is 0 Å². The zero-order valence-corrected chi connectivity index (χ0v) is 16.1. The molecule has 2 N–H and O–H groups in total. The number of carbonyl (C=O) groups excluding carboxylic acids is 2. The first-order valence-corrected chi connectivity index (χ1v) is 9.42. The molecule has 7 nitrogen and oxygen atoms in total. The van der Waals surface area contributed by atoms with Crippen LogP contribution in [0.15, 0.2) is 30.3 Å². The Labute approximate surface area is 161 Å². The minimum Gasteiger partial charge on any atom is -0.494 e. The van der Waals surface area contributed by atoms with Gasteiger partial charge in [0, 0.05) is 30.3 Å². The first kappa shape index (κ1) is 19.3. The molecule has 2 heterocycles. The summed E-state index contributed by atoms with van der Waals surface area (Å²) in [6.07, 6.45) is 2.15. The highest BCUT2D eigenvalue weighted by atomic mass is 32.1. The Morgan fingerprint density at radius 2 is 2.07 bits per heavy atom. The second kappa shape index (κ2) is 8.98. The van der Waals surface area contributed by atoms with E-state index in [1.54, 1.807) is 18.2 Å². The molecule has 1 fully saturated rings. The highest BCUT2D eigenvalue weighted by molar-refractivity contribution is 7.14. The van der Waals surface area contributed by atoms with E-state index in [2.05, 4.69) is 10.6 Å². The van der Waals surface area contributed by atoms with E-state index in [0.29, 0.717) is 22.0 Å². The van der Waals surface area contributed by atoms with E-state index in [-0.39, 0.29) is 24.5 Å². The van der Waals surface area contributed by atoms with Gasteiger partial charge in [0.2, 0.25) is 5.91 Å². The fourth-order valence-electron chi connectivity index (χ4n) is 2.83. The number of rotatable bonds is 7. The predicted octanol–water partition coefficient (Wildman–Crippen LogP) is 3.45. The summed E-state index contributed by atoms with van der Waals surface area (Å²) in [5.74, 6) is -0.0289. The number of anilines is 2. The van der Waals surface area contributed by atoms with Crippen LogP contribution < -0.4 is 15.4 Å². The number of hydrogen-bond donors (Lipinski definition) is 2. The van der Waals surface area contributed by atoms with Crippen molar-refractivity contribution in [1.29, 1.82) is 0 Å². The maximum absolute atomic E-state index is 12.5. The first-order valence-electron chi connectivity index (χ1n) is 8.60. The molecule has 8 heteroatoms. The number of methoxy groups -OCH3 is 2. The summed E-state index contributed by atoms with van der Waals surface area (Å²) >= 11 is 1.45. The molecule has 1 aromatic heterocycles. The monoisotopic (exact) mass is 390 g/mol. The van der Waals surface area contributed by atoms with Crippen molar-refractivity contribution < 1.29 is 23.8 Å². The van der Waals surface area contributed by atoms with Gasteiger partial charge in [-0.15, -0.1) is 11.3 Å². The number of benzene rings is 1. The molecule has 1 aliphatic heterocycles. The summed E-state index contributed by atoms with van der Waals surface area (Å²) in [7, 11) is 2.95. The molecule has 1 aliphatic rings. The molecular formula is C19H22N2O5S.